The Hall–Kier alpha value is -2.70. The second-order valence-corrected chi connectivity index (χ2v) is 5.47. The Balaban J connectivity index is 1.79. The maximum absolute atomic E-state index is 12.0. The van der Waals surface area contributed by atoms with Crippen molar-refractivity contribution in [2.24, 2.45) is 0 Å². The normalized spacial score (nSPS) is 19.4. The van der Waals surface area contributed by atoms with Crippen LogP contribution in [0.15, 0.2) is 30.3 Å². The lowest BCUT2D eigenvalue weighted by molar-refractivity contribution is -0.141. The number of aliphatic carboxylic acids is 1. The Morgan fingerprint density at radius 2 is 1.87 bits per heavy atom. The largest absolute Gasteiger partial charge is 0.481 e. The quantitative estimate of drug-likeness (QED) is 0.462. The molecule has 2 amide bonds. The monoisotopic (exact) mass is 318 g/mol. The van der Waals surface area contributed by atoms with Gasteiger partial charge in [-0.1, -0.05) is 30.3 Å². The fourth-order valence-corrected chi connectivity index (χ4v) is 2.43. The average molecular weight is 318 g/mol. The van der Waals surface area contributed by atoms with Crippen molar-refractivity contribution in [1.82, 2.24) is 10.6 Å². The van der Waals surface area contributed by atoms with Crippen LogP contribution in [0, 0.1) is 0 Å². The van der Waals surface area contributed by atoms with Gasteiger partial charge in [0.2, 0.25) is 11.8 Å². The van der Waals surface area contributed by atoms with E-state index in [4.69, 9.17) is 5.11 Å². The van der Waals surface area contributed by atoms with Gasteiger partial charge in [-0.3, -0.25) is 19.2 Å². The number of β-lactam (4-membered cyclic amide) rings is 1. The van der Waals surface area contributed by atoms with Gasteiger partial charge in [0.25, 0.3) is 0 Å². The molecule has 2 rings (SSSR count). The molecule has 0 aliphatic carbocycles. The predicted molar refractivity (Wildman–Crippen MR) is 80.5 cm³/mol. The minimum absolute atomic E-state index is 0.0578. The van der Waals surface area contributed by atoms with Crippen LogP contribution in [0.1, 0.15) is 24.8 Å². The van der Waals surface area contributed by atoms with Crippen molar-refractivity contribution < 1.29 is 24.3 Å². The van der Waals surface area contributed by atoms with Crippen molar-refractivity contribution in [3.05, 3.63) is 35.9 Å². The lowest BCUT2D eigenvalue weighted by Crippen LogP contribution is -2.69. The summed E-state index contributed by atoms with van der Waals surface area (Å²) >= 11 is 0. The standard InChI is InChI=1S/C16H18N2O5/c19-11(9-14(21)22)6-7-12-15(16(23)17-12)18-13(20)8-10-4-2-1-3-5-10/h1-5,12,15H,6-9H2,(H,17,23)(H,18,20)(H,21,22)/t12-,15+/m1/s1. The average Bonchev–Trinajstić information content (AvgIpc) is 2.49. The predicted octanol–water partition coefficient (Wildman–Crippen LogP) is 0.0363. The molecule has 7 heteroatoms. The first kappa shape index (κ1) is 16.7. The van der Waals surface area contributed by atoms with Crippen LogP contribution in [-0.4, -0.2) is 40.8 Å². The van der Waals surface area contributed by atoms with Gasteiger partial charge in [-0.05, 0) is 12.0 Å². The van der Waals surface area contributed by atoms with E-state index < -0.39 is 24.2 Å². The lowest BCUT2D eigenvalue weighted by atomic mass is 9.92. The zero-order valence-electron chi connectivity index (χ0n) is 12.5. The number of carboxylic acids is 1. The SMILES string of the molecule is O=C(O)CC(=O)CC[C@H]1NC(=O)[C@H]1NC(=O)Cc1ccccc1. The molecule has 1 heterocycles. The highest BCUT2D eigenvalue weighted by atomic mass is 16.4. The second kappa shape index (κ2) is 7.53. The highest BCUT2D eigenvalue weighted by Crippen LogP contribution is 2.14. The summed E-state index contributed by atoms with van der Waals surface area (Å²) < 4.78 is 0. The van der Waals surface area contributed by atoms with Crippen molar-refractivity contribution in [1.29, 1.82) is 0 Å². The zero-order chi connectivity index (χ0) is 16.8. The number of carboxylic acid groups (broad SMARTS) is 1. The molecule has 0 aromatic heterocycles. The first-order valence-electron chi connectivity index (χ1n) is 7.33. The third-order valence-corrected chi connectivity index (χ3v) is 3.62. The van der Waals surface area contributed by atoms with Crippen LogP contribution < -0.4 is 10.6 Å². The number of benzene rings is 1. The Kier molecular flexibility index (Phi) is 5.46. The van der Waals surface area contributed by atoms with Crippen LogP contribution in [0.4, 0.5) is 0 Å². The number of amides is 2. The molecule has 1 fully saturated rings. The minimum atomic E-state index is -1.17. The maximum Gasteiger partial charge on any atom is 0.310 e. The van der Waals surface area contributed by atoms with Crippen LogP contribution in [0.3, 0.4) is 0 Å². The summed E-state index contributed by atoms with van der Waals surface area (Å²) in [7, 11) is 0. The van der Waals surface area contributed by atoms with Crippen molar-refractivity contribution in [2.45, 2.75) is 37.8 Å². The number of ketones is 1. The van der Waals surface area contributed by atoms with Crippen molar-refractivity contribution in [3.63, 3.8) is 0 Å². The molecule has 0 spiro atoms. The van der Waals surface area contributed by atoms with Crippen LogP contribution in [0.5, 0.6) is 0 Å². The number of Topliss-reactive ketones (excluding diaryl/α,β-unsaturated/α-hetero) is 1. The Morgan fingerprint density at radius 3 is 2.48 bits per heavy atom. The molecule has 0 bridgehead atoms. The maximum atomic E-state index is 12.0. The number of carbonyl (C=O) groups is 4. The van der Waals surface area contributed by atoms with Gasteiger partial charge >= 0.3 is 5.97 Å². The van der Waals surface area contributed by atoms with E-state index >= 15 is 0 Å². The molecule has 0 radical (unpaired) electrons. The van der Waals surface area contributed by atoms with Crippen LogP contribution >= 0.6 is 0 Å². The van der Waals surface area contributed by atoms with E-state index in [0.717, 1.165) is 5.56 Å². The van der Waals surface area contributed by atoms with E-state index in [1.807, 2.05) is 30.3 Å². The van der Waals surface area contributed by atoms with Gasteiger partial charge in [0, 0.05) is 6.42 Å². The Labute approximate surface area is 133 Å². The molecule has 1 aliphatic heterocycles. The molecule has 0 saturated carbocycles. The molecule has 2 atom stereocenters. The van der Waals surface area contributed by atoms with Gasteiger partial charge in [-0.2, -0.15) is 0 Å². The van der Waals surface area contributed by atoms with E-state index in [-0.39, 0.29) is 30.7 Å². The summed E-state index contributed by atoms with van der Waals surface area (Å²) in [4.78, 5) is 45.3. The number of rotatable bonds is 8. The third-order valence-electron chi connectivity index (χ3n) is 3.62. The third kappa shape index (κ3) is 4.91. The van der Waals surface area contributed by atoms with Crippen molar-refractivity contribution in [2.75, 3.05) is 0 Å². The minimum Gasteiger partial charge on any atom is -0.481 e. The summed E-state index contributed by atoms with van der Waals surface area (Å²) in [6.07, 6.45) is 0.0252. The van der Waals surface area contributed by atoms with Gasteiger partial charge in [0.05, 0.1) is 12.5 Å². The first-order chi connectivity index (χ1) is 11.0. The fourth-order valence-electron chi connectivity index (χ4n) is 2.43. The topological polar surface area (TPSA) is 113 Å². The number of hydrogen-bond acceptors (Lipinski definition) is 4. The van der Waals surface area contributed by atoms with Gasteiger partial charge in [-0.25, -0.2) is 0 Å². The summed E-state index contributed by atoms with van der Waals surface area (Å²) in [6.45, 7) is 0. The lowest BCUT2D eigenvalue weighted by Gasteiger charge is -2.37. The molecule has 23 heavy (non-hydrogen) atoms. The van der Waals surface area contributed by atoms with E-state index in [1.165, 1.54) is 0 Å². The molecule has 1 aromatic carbocycles. The summed E-state index contributed by atoms with van der Waals surface area (Å²) in [6, 6.07) is 8.16. The van der Waals surface area contributed by atoms with Crippen molar-refractivity contribution in [3.8, 4) is 0 Å². The molecule has 1 aromatic rings. The summed E-state index contributed by atoms with van der Waals surface area (Å²) in [5.41, 5.74) is 0.845. The number of nitrogens with one attached hydrogen (secondary N) is 2. The molecular formula is C16H18N2O5. The van der Waals surface area contributed by atoms with Gasteiger partial charge in [-0.15, -0.1) is 0 Å². The molecule has 7 nitrogen and oxygen atoms in total. The van der Waals surface area contributed by atoms with Crippen LogP contribution in [0.25, 0.3) is 0 Å². The number of hydrogen-bond donors (Lipinski definition) is 3. The second-order valence-electron chi connectivity index (χ2n) is 5.47. The molecule has 1 saturated heterocycles. The Morgan fingerprint density at radius 1 is 1.17 bits per heavy atom. The molecule has 122 valence electrons. The molecular weight excluding hydrogens is 300 g/mol. The van der Waals surface area contributed by atoms with Gasteiger partial charge in [0.1, 0.15) is 18.2 Å². The van der Waals surface area contributed by atoms with E-state index in [1.54, 1.807) is 0 Å². The molecule has 1 aliphatic rings. The smallest absolute Gasteiger partial charge is 0.310 e. The fraction of sp³-hybridized carbons (Fsp3) is 0.375. The first-order valence-corrected chi connectivity index (χ1v) is 7.33. The number of carbonyl (C=O) groups excluding carboxylic acids is 3. The Bertz CT molecular complexity index is 614. The summed E-state index contributed by atoms with van der Waals surface area (Å²) in [5.74, 6) is -2.12. The highest BCUT2D eigenvalue weighted by molar-refractivity contribution is 5.96. The van der Waals surface area contributed by atoms with E-state index in [2.05, 4.69) is 10.6 Å². The molecule has 0 unspecified atom stereocenters. The van der Waals surface area contributed by atoms with Crippen molar-refractivity contribution >= 4 is 23.6 Å². The molecule has 3 N–H and O–H groups in total. The van der Waals surface area contributed by atoms with Gasteiger partial charge in [0.15, 0.2) is 0 Å². The zero-order valence-corrected chi connectivity index (χ0v) is 12.5. The van der Waals surface area contributed by atoms with Crippen LogP contribution in [0.2, 0.25) is 0 Å². The van der Waals surface area contributed by atoms with Crippen LogP contribution in [-0.2, 0) is 25.6 Å². The summed E-state index contributed by atoms with van der Waals surface area (Å²) in [5, 5.41) is 13.8. The highest BCUT2D eigenvalue weighted by Gasteiger charge is 2.40. The van der Waals surface area contributed by atoms with Gasteiger partial charge < -0.3 is 15.7 Å². The van der Waals surface area contributed by atoms with E-state index in [9.17, 15) is 19.2 Å². The van der Waals surface area contributed by atoms with E-state index in [0.29, 0.717) is 6.42 Å².